The largest absolute Gasteiger partial charge is 0.472 e. The Morgan fingerprint density at radius 2 is 0.511 bits per heavy atom. The molecule has 19 heteroatoms. The molecule has 0 spiro atoms. The number of unbranched alkanes of at least 4 members (excludes halogenated alkanes) is 43. The number of esters is 4. The summed E-state index contributed by atoms with van der Waals surface area (Å²) in [5, 5.41) is 10.6. The summed E-state index contributed by atoms with van der Waals surface area (Å²) in [7, 11) is -9.89. The Morgan fingerprint density at radius 3 is 0.756 bits per heavy atom. The van der Waals surface area contributed by atoms with Crippen molar-refractivity contribution in [2.45, 2.75) is 387 Å². The van der Waals surface area contributed by atoms with E-state index < -0.39 is 97.5 Å². The van der Waals surface area contributed by atoms with E-state index >= 15 is 0 Å². The van der Waals surface area contributed by atoms with Gasteiger partial charge in [-0.3, -0.25) is 37.3 Å². The highest BCUT2D eigenvalue weighted by Gasteiger charge is 2.30. The number of phosphoric acid groups is 2. The van der Waals surface area contributed by atoms with Crippen LogP contribution in [-0.2, 0) is 65.4 Å². The summed E-state index contributed by atoms with van der Waals surface area (Å²) in [5.74, 6) is -1.37. The van der Waals surface area contributed by atoms with E-state index in [2.05, 4.69) is 34.6 Å². The van der Waals surface area contributed by atoms with Crippen molar-refractivity contribution >= 4 is 39.5 Å². The Balaban J connectivity index is 5.12. The molecule has 0 radical (unpaired) electrons. The second-order valence-electron chi connectivity index (χ2n) is 26.1. The maximum atomic E-state index is 13.0. The zero-order valence-corrected chi connectivity index (χ0v) is 60.1. The van der Waals surface area contributed by atoms with Gasteiger partial charge in [0.25, 0.3) is 0 Å². The topological polar surface area (TPSA) is 237 Å². The van der Waals surface area contributed by atoms with E-state index in [4.69, 9.17) is 37.0 Å². The second kappa shape index (κ2) is 64.4. The van der Waals surface area contributed by atoms with E-state index in [1.165, 1.54) is 186 Å². The number of aliphatic hydroxyl groups excluding tert-OH is 1. The van der Waals surface area contributed by atoms with E-state index in [9.17, 15) is 43.2 Å². The number of carbonyl (C=O) groups is 4. The normalized spacial score (nSPS) is 14.1. The first kappa shape index (κ1) is 88.1. The highest BCUT2D eigenvalue weighted by Crippen LogP contribution is 2.45. The minimum absolute atomic E-state index is 0.107. The lowest BCUT2D eigenvalue weighted by Crippen LogP contribution is -2.30. The summed E-state index contributed by atoms with van der Waals surface area (Å²) in [5.41, 5.74) is 0. The van der Waals surface area contributed by atoms with Crippen LogP contribution in [0.1, 0.15) is 369 Å². The molecule has 90 heavy (non-hydrogen) atoms. The molecule has 0 aliphatic carbocycles. The van der Waals surface area contributed by atoms with E-state index in [1.807, 2.05) is 0 Å². The van der Waals surface area contributed by atoms with Gasteiger partial charge in [-0.2, -0.15) is 0 Å². The smallest absolute Gasteiger partial charge is 0.462 e. The van der Waals surface area contributed by atoms with Crippen LogP contribution in [0.5, 0.6) is 0 Å². The number of hydrogen-bond acceptors (Lipinski definition) is 15. The van der Waals surface area contributed by atoms with Crippen LogP contribution in [0.2, 0.25) is 0 Å². The fourth-order valence-corrected chi connectivity index (χ4v) is 12.4. The molecule has 534 valence electrons. The Kier molecular flexibility index (Phi) is 63.0. The molecule has 0 saturated heterocycles. The van der Waals surface area contributed by atoms with Gasteiger partial charge in [0.15, 0.2) is 12.2 Å². The number of carbonyl (C=O) groups excluding carboxylic acids is 4. The van der Waals surface area contributed by atoms with Crippen molar-refractivity contribution in [1.82, 2.24) is 0 Å². The minimum Gasteiger partial charge on any atom is -0.462 e. The van der Waals surface area contributed by atoms with Crippen molar-refractivity contribution in [2.75, 3.05) is 39.6 Å². The molecule has 2 unspecified atom stereocenters. The molecule has 0 rings (SSSR count). The number of aliphatic hydroxyl groups is 1. The van der Waals surface area contributed by atoms with Crippen LogP contribution >= 0.6 is 15.6 Å². The summed E-state index contributed by atoms with van der Waals surface area (Å²) in [4.78, 5) is 72.3. The third-order valence-corrected chi connectivity index (χ3v) is 18.4. The van der Waals surface area contributed by atoms with Crippen LogP contribution in [0.3, 0.4) is 0 Å². The van der Waals surface area contributed by atoms with Crippen LogP contribution in [0.25, 0.3) is 0 Å². The summed E-state index contributed by atoms with van der Waals surface area (Å²) in [6, 6.07) is 0. The molecule has 17 nitrogen and oxygen atoms in total. The van der Waals surface area contributed by atoms with Gasteiger partial charge in [0.05, 0.1) is 26.4 Å². The predicted octanol–water partition coefficient (Wildman–Crippen LogP) is 20.5. The molecule has 0 aliphatic heterocycles. The number of phosphoric ester groups is 2. The summed E-state index contributed by atoms with van der Waals surface area (Å²) >= 11 is 0. The highest BCUT2D eigenvalue weighted by molar-refractivity contribution is 7.47. The van der Waals surface area contributed by atoms with Crippen LogP contribution in [0.15, 0.2) is 0 Å². The van der Waals surface area contributed by atoms with Crippen LogP contribution < -0.4 is 0 Å². The molecule has 5 atom stereocenters. The Labute approximate surface area is 549 Å². The molecule has 0 aromatic rings. The third-order valence-electron chi connectivity index (χ3n) is 16.5. The molecule has 0 amide bonds. The first-order valence-corrected chi connectivity index (χ1v) is 40.1. The van der Waals surface area contributed by atoms with Crippen LogP contribution in [-0.4, -0.2) is 96.7 Å². The Morgan fingerprint density at radius 1 is 0.300 bits per heavy atom. The molecule has 0 bridgehead atoms. The van der Waals surface area contributed by atoms with Crippen molar-refractivity contribution in [1.29, 1.82) is 0 Å². The molecule has 0 saturated carbocycles. The molecular weight excluding hydrogens is 1190 g/mol. The summed E-state index contributed by atoms with van der Waals surface area (Å²) < 4.78 is 68.1. The first-order chi connectivity index (χ1) is 43.5. The molecular formula is C71H138O17P2. The van der Waals surface area contributed by atoms with Crippen molar-refractivity contribution in [3.05, 3.63) is 0 Å². The van der Waals surface area contributed by atoms with Crippen molar-refractivity contribution < 1.29 is 80.2 Å². The van der Waals surface area contributed by atoms with E-state index in [0.717, 1.165) is 102 Å². The zero-order chi connectivity index (χ0) is 66.3. The average Bonchev–Trinajstić information content (AvgIpc) is 3.73. The molecule has 0 aromatic heterocycles. The SMILES string of the molecule is CCCCCCCCCCCCCCCCCCCCCCC(=O)O[C@H](COC(=O)CCCCCCCCCCCCC(C)C)COP(=O)(O)OC[C@@H](O)COP(=O)(O)OC[C@@H](COC(=O)CCCCCCC)OC(=O)CCCCCCCCCCCCCC. The van der Waals surface area contributed by atoms with E-state index in [-0.39, 0.29) is 25.7 Å². The van der Waals surface area contributed by atoms with Gasteiger partial charge in [0.1, 0.15) is 19.3 Å². The Hall–Kier alpha value is -1.94. The minimum atomic E-state index is -4.95. The summed E-state index contributed by atoms with van der Waals surface area (Å²) in [6.07, 6.45) is 51.8. The van der Waals surface area contributed by atoms with Gasteiger partial charge in [-0.05, 0) is 31.6 Å². The molecule has 0 aliphatic rings. The van der Waals surface area contributed by atoms with Gasteiger partial charge in [0, 0.05) is 25.7 Å². The quantitative estimate of drug-likeness (QED) is 0.0222. The van der Waals surface area contributed by atoms with Gasteiger partial charge in [-0.25, -0.2) is 9.13 Å². The highest BCUT2D eigenvalue weighted by atomic mass is 31.2. The average molecular weight is 1330 g/mol. The second-order valence-corrected chi connectivity index (χ2v) is 29.0. The fourth-order valence-electron chi connectivity index (χ4n) is 10.8. The zero-order valence-electron chi connectivity index (χ0n) is 58.3. The van der Waals surface area contributed by atoms with Gasteiger partial charge < -0.3 is 33.8 Å². The lowest BCUT2D eigenvalue weighted by atomic mass is 10.0. The van der Waals surface area contributed by atoms with Crippen molar-refractivity contribution in [3.63, 3.8) is 0 Å². The number of hydrogen-bond donors (Lipinski definition) is 3. The first-order valence-electron chi connectivity index (χ1n) is 37.1. The predicted molar refractivity (Wildman–Crippen MR) is 363 cm³/mol. The molecule has 0 aromatic carbocycles. The van der Waals surface area contributed by atoms with Gasteiger partial charge in [-0.1, -0.05) is 317 Å². The standard InChI is InChI=1S/C71H138O17P2/c1-6-9-12-15-17-19-21-23-24-25-26-27-28-29-30-32-38-42-47-52-57-71(76)88-67(61-82-69(74)55-50-45-40-36-34-33-35-39-44-48-53-64(4)5)63-86-90(79,80)84-59-65(72)58-83-89(77,78)85-62-66(60-81-68(73)54-49-43-14-11-8-3)87-70(75)56-51-46-41-37-31-22-20-18-16-13-10-7-2/h64-67,72H,6-63H2,1-5H3,(H,77,78)(H,79,80)/t65-,66+,67+/m0/s1. The maximum absolute atomic E-state index is 13.0. The molecule has 3 N–H and O–H groups in total. The van der Waals surface area contributed by atoms with E-state index in [1.54, 1.807) is 0 Å². The van der Waals surface area contributed by atoms with Crippen LogP contribution in [0, 0.1) is 5.92 Å². The van der Waals surface area contributed by atoms with E-state index in [0.29, 0.717) is 25.7 Å². The number of rotatable bonds is 71. The number of ether oxygens (including phenoxy) is 4. The Bertz CT molecular complexity index is 1740. The third kappa shape index (κ3) is 64.8. The van der Waals surface area contributed by atoms with Gasteiger partial charge in [-0.15, -0.1) is 0 Å². The molecule has 0 heterocycles. The van der Waals surface area contributed by atoms with Crippen molar-refractivity contribution in [3.8, 4) is 0 Å². The maximum Gasteiger partial charge on any atom is 0.472 e. The lowest BCUT2D eigenvalue weighted by molar-refractivity contribution is -0.161. The van der Waals surface area contributed by atoms with Gasteiger partial charge in [0.2, 0.25) is 0 Å². The monoisotopic (exact) mass is 1320 g/mol. The van der Waals surface area contributed by atoms with Crippen LogP contribution in [0.4, 0.5) is 0 Å². The molecule has 0 fully saturated rings. The van der Waals surface area contributed by atoms with Crippen molar-refractivity contribution in [2.24, 2.45) is 5.92 Å². The van der Waals surface area contributed by atoms with Gasteiger partial charge >= 0.3 is 39.5 Å². The summed E-state index contributed by atoms with van der Waals surface area (Å²) in [6.45, 7) is 7.16. The lowest BCUT2D eigenvalue weighted by Gasteiger charge is -2.21. The fraction of sp³-hybridized carbons (Fsp3) is 0.944.